The predicted octanol–water partition coefficient (Wildman–Crippen LogP) is 0.616. The van der Waals surface area contributed by atoms with Gasteiger partial charge in [-0.2, -0.15) is 9.78 Å². The maximum Gasteiger partial charge on any atom is 0.183 e. The second kappa shape index (κ2) is 7.52. The van der Waals surface area contributed by atoms with Crippen molar-refractivity contribution in [3.8, 4) is 0 Å². The molecular formula is C20H29N10+. The molecule has 2 aliphatic rings. The molecule has 0 aromatic carbocycles. The van der Waals surface area contributed by atoms with Crippen LogP contribution >= 0.6 is 0 Å². The fourth-order valence-electron chi connectivity index (χ4n) is 3.78. The Labute approximate surface area is 175 Å². The van der Waals surface area contributed by atoms with Crippen molar-refractivity contribution in [2.75, 3.05) is 57.1 Å². The van der Waals surface area contributed by atoms with Crippen molar-refractivity contribution in [2.45, 2.75) is 19.4 Å². The number of quaternary nitrogens is 1. The molecule has 10 heteroatoms. The highest BCUT2D eigenvalue weighted by Gasteiger charge is 2.33. The summed E-state index contributed by atoms with van der Waals surface area (Å²) in [5.41, 5.74) is 14.8. The van der Waals surface area contributed by atoms with Gasteiger partial charge >= 0.3 is 0 Å². The Morgan fingerprint density at radius 2 is 2.03 bits per heavy atom. The van der Waals surface area contributed by atoms with E-state index in [9.17, 15) is 0 Å². The lowest BCUT2D eigenvalue weighted by atomic mass is 10.2. The number of pyridine rings is 1. The molecule has 10 nitrogen and oxygen atoms in total. The molecule has 1 fully saturated rings. The van der Waals surface area contributed by atoms with E-state index in [4.69, 9.17) is 16.5 Å². The van der Waals surface area contributed by atoms with Gasteiger partial charge in [0.15, 0.2) is 22.9 Å². The molecule has 0 saturated carbocycles. The monoisotopic (exact) mass is 409 g/mol. The van der Waals surface area contributed by atoms with Crippen LogP contribution in [-0.2, 0) is 0 Å². The maximum atomic E-state index is 6.27. The van der Waals surface area contributed by atoms with Gasteiger partial charge in [-0.1, -0.05) is 0 Å². The smallest absolute Gasteiger partial charge is 0.183 e. The van der Waals surface area contributed by atoms with Crippen LogP contribution in [0.1, 0.15) is 19.2 Å². The van der Waals surface area contributed by atoms with Gasteiger partial charge in [0.1, 0.15) is 11.8 Å². The standard InChI is InChI=1S/C20H29N10/c1-5-23-17-6-8-24-20-16(11-25-29(17)20)26-18-14(21)10-15(22)19(27-18)28-9-7-13(12-28)30(2,3)4/h6,8,10-11,13H,5,7,9,12,21-22H2,1-4H3/q+1. The molecule has 0 bridgehead atoms. The molecule has 0 amide bonds. The molecule has 4 N–H and O–H groups in total. The number of hydrogen-bond donors (Lipinski definition) is 2. The first kappa shape index (κ1) is 20.0. The summed E-state index contributed by atoms with van der Waals surface area (Å²) in [6.07, 6.45) is 4.44. The van der Waals surface area contributed by atoms with Gasteiger partial charge in [0.05, 0.1) is 45.3 Å². The first-order chi connectivity index (χ1) is 14.3. The molecule has 2 aliphatic heterocycles. The minimum Gasteiger partial charge on any atom is -0.396 e. The summed E-state index contributed by atoms with van der Waals surface area (Å²) in [6, 6.07) is 4.07. The SMILES string of the molecule is CCN=c1ccnc2n1N=CC2=Nc1nc(N2CCC([N+](C)(C)C)C2)c(N)cc1N. The molecule has 0 spiro atoms. The number of hydrogen-bond acceptors (Lipinski definition) is 8. The molecule has 1 saturated heterocycles. The van der Waals surface area contributed by atoms with Crippen molar-refractivity contribution in [1.82, 2.24) is 14.6 Å². The second-order valence-electron chi connectivity index (χ2n) is 8.47. The van der Waals surface area contributed by atoms with E-state index in [2.05, 4.69) is 46.1 Å². The third kappa shape index (κ3) is 3.65. The zero-order chi connectivity index (χ0) is 21.5. The minimum atomic E-state index is 0.419. The van der Waals surface area contributed by atoms with E-state index in [1.807, 2.05) is 13.0 Å². The van der Waals surface area contributed by atoms with Crippen LogP contribution in [0.25, 0.3) is 0 Å². The fraction of sp³-hybridized carbons (Fsp3) is 0.450. The fourth-order valence-corrected chi connectivity index (χ4v) is 3.78. The predicted molar refractivity (Wildman–Crippen MR) is 120 cm³/mol. The van der Waals surface area contributed by atoms with Crippen LogP contribution in [0.3, 0.4) is 0 Å². The van der Waals surface area contributed by atoms with Gasteiger partial charge in [0.2, 0.25) is 0 Å². The van der Waals surface area contributed by atoms with E-state index in [1.165, 1.54) is 0 Å². The Morgan fingerprint density at radius 3 is 2.73 bits per heavy atom. The molecule has 1 unspecified atom stereocenters. The number of nitrogens with zero attached hydrogens (tertiary/aromatic N) is 8. The number of aliphatic imine (C=N–C) groups is 1. The number of anilines is 3. The summed E-state index contributed by atoms with van der Waals surface area (Å²) >= 11 is 0. The van der Waals surface area contributed by atoms with E-state index < -0.39 is 0 Å². The van der Waals surface area contributed by atoms with E-state index in [0.29, 0.717) is 41.3 Å². The van der Waals surface area contributed by atoms with E-state index in [0.717, 1.165) is 35.3 Å². The van der Waals surface area contributed by atoms with Crippen LogP contribution in [0.2, 0.25) is 0 Å². The Hall–Kier alpha value is -3.27. The average molecular weight is 410 g/mol. The van der Waals surface area contributed by atoms with Crippen molar-refractivity contribution in [2.24, 2.45) is 15.1 Å². The van der Waals surface area contributed by atoms with Gasteiger partial charge in [-0.25, -0.2) is 15.0 Å². The number of rotatable bonds is 4. The number of fused-ring (bicyclic) bond motifs is 1. The lowest BCUT2D eigenvalue weighted by molar-refractivity contribution is -0.893. The third-order valence-electron chi connectivity index (χ3n) is 5.51. The van der Waals surface area contributed by atoms with Gasteiger partial charge in [-0.15, -0.1) is 0 Å². The summed E-state index contributed by atoms with van der Waals surface area (Å²) in [6.45, 7) is 4.43. The van der Waals surface area contributed by atoms with Gasteiger partial charge < -0.3 is 20.9 Å². The average Bonchev–Trinajstić information content (AvgIpc) is 3.32. The maximum absolute atomic E-state index is 6.27. The van der Waals surface area contributed by atoms with Crippen LogP contribution in [-0.4, -0.2) is 77.9 Å². The topological polar surface area (TPSA) is 123 Å². The Morgan fingerprint density at radius 1 is 1.23 bits per heavy atom. The van der Waals surface area contributed by atoms with E-state index in [-0.39, 0.29) is 0 Å². The highest BCUT2D eigenvalue weighted by molar-refractivity contribution is 6.39. The molecule has 1 atom stereocenters. The van der Waals surface area contributed by atoms with Crippen molar-refractivity contribution < 1.29 is 4.48 Å². The van der Waals surface area contributed by atoms with Crippen LogP contribution in [0.5, 0.6) is 0 Å². The van der Waals surface area contributed by atoms with E-state index in [1.54, 1.807) is 23.2 Å². The summed E-state index contributed by atoms with van der Waals surface area (Å²) in [7, 11) is 6.64. The summed E-state index contributed by atoms with van der Waals surface area (Å²) in [4.78, 5) is 20.4. The number of aromatic nitrogens is 3. The Balaban J connectivity index is 1.70. The zero-order valence-corrected chi connectivity index (χ0v) is 17.9. The largest absolute Gasteiger partial charge is 0.396 e. The summed E-state index contributed by atoms with van der Waals surface area (Å²) in [5, 5.41) is 4.38. The van der Waals surface area contributed by atoms with Crippen LogP contribution in [0, 0.1) is 0 Å². The molecule has 2 aromatic rings. The lowest BCUT2D eigenvalue weighted by Crippen LogP contribution is -2.46. The molecule has 0 radical (unpaired) electrons. The highest BCUT2D eigenvalue weighted by atomic mass is 15.4. The quantitative estimate of drug-likeness (QED) is 0.717. The molecule has 2 aromatic heterocycles. The molecule has 4 rings (SSSR count). The zero-order valence-electron chi connectivity index (χ0n) is 17.9. The molecule has 0 aliphatic carbocycles. The third-order valence-corrected chi connectivity index (χ3v) is 5.51. The van der Waals surface area contributed by atoms with Gasteiger partial charge in [0.25, 0.3) is 0 Å². The van der Waals surface area contributed by atoms with Crippen molar-refractivity contribution in [3.63, 3.8) is 0 Å². The Bertz CT molecular complexity index is 1090. The van der Waals surface area contributed by atoms with E-state index >= 15 is 0 Å². The molecular weight excluding hydrogens is 380 g/mol. The van der Waals surface area contributed by atoms with Crippen molar-refractivity contribution in [1.29, 1.82) is 0 Å². The van der Waals surface area contributed by atoms with Gasteiger partial charge in [0, 0.05) is 31.8 Å². The normalized spacial score (nSPS) is 20.4. The van der Waals surface area contributed by atoms with Crippen molar-refractivity contribution in [3.05, 3.63) is 29.6 Å². The number of likely N-dealkylation sites (N-methyl/N-ethyl adjacent to an activating group) is 1. The molecule has 158 valence electrons. The van der Waals surface area contributed by atoms with Crippen LogP contribution < -0.4 is 21.9 Å². The first-order valence-electron chi connectivity index (χ1n) is 10.1. The second-order valence-corrected chi connectivity index (χ2v) is 8.47. The van der Waals surface area contributed by atoms with Crippen molar-refractivity contribution >= 4 is 34.9 Å². The molecule has 4 heterocycles. The summed E-state index contributed by atoms with van der Waals surface area (Å²) < 4.78 is 2.57. The number of nitrogens with two attached hydrogens (primary N) is 2. The summed E-state index contributed by atoms with van der Waals surface area (Å²) in [5.74, 6) is 1.75. The molecule has 30 heavy (non-hydrogen) atoms. The van der Waals surface area contributed by atoms with Crippen LogP contribution in [0.15, 0.2) is 33.4 Å². The lowest BCUT2D eigenvalue weighted by Gasteiger charge is -2.31. The van der Waals surface area contributed by atoms with Gasteiger partial charge in [-0.3, -0.25) is 4.99 Å². The van der Waals surface area contributed by atoms with Gasteiger partial charge in [-0.05, 0) is 13.0 Å². The first-order valence-corrected chi connectivity index (χ1v) is 10.1. The number of nitrogen functional groups attached to an aromatic ring is 2. The Kier molecular flexibility index (Phi) is 5.02. The minimum absolute atomic E-state index is 0.419. The highest BCUT2D eigenvalue weighted by Crippen LogP contribution is 2.33. The van der Waals surface area contributed by atoms with Crippen LogP contribution in [0.4, 0.5) is 23.0 Å².